The SMILES string of the molecule is CCOCc1ccccc1CNC(=NC)NCCc1ccc(F)cc1C. The van der Waals surface area contributed by atoms with Crippen LogP contribution in [0.25, 0.3) is 0 Å². The molecule has 2 aromatic rings. The average Bonchev–Trinajstić information content (AvgIpc) is 2.65. The van der Waals surface area contributed by atoms with E-state index in [1.165, 1.54) is 17.2 Å². The van der Waals surface area contributed by atoms with E-state index in [0.29, 0.717) is 19.8 Å². The summed E-state index contributed by atoms with van der Waals surface area (Å²) in [6, 6.07) is 13.1. The normalized spacial score (nSPS) is 11.5. The number of aryl methyl sites for hydroxylation is 1. The van der Waals surface area contributed by atoms with Gasteiger partial charge < -0.3 is 15.4 Å². The maximum atomic E-state index is 13.2. The number of ether oxygens (including phenoxy) is 1. The fourth-order valence-electron chi connectivity index (χ4n) is 2.74. The summed E-state index contributed by atoms with van der Waals surface area (Å²) in [6.45, 7) is 6.65. The molecule has 0 unspecified atom stereocenters. The number of hydrogen-bond donors (Lipinski definition) is 2. The van der Waals surface area contributed by atoms with Crippen molar-refractivity contribution in [2.45, 2.75) is 33.4 Å². The van der Waals surface area contributed by atoms with E-state index in [2.05, 4.69) is 27.8 Å². The van der Waals surface area contributed by atoms with Gasteiger partial charge in [-0.2, -0.15) is 0 Å². The molecular weight excluding hydrogens is 329 g/mol. The van der Waals surface area contributed by atoms with Crippen molar-refractivity contribution in [1.82, 2.24) is 10.6 Å². The van der Waals surface area contributed by atoms with Crippen LogP contribution in [-0.2, 0) is 24.3 Å². The van der Waals surface area contributed by atoms with Gasteiger partial charge in [-0.3, -0.25) is 4.99 Å². The van der Waals surface area contributed by atoms with Crippen LogP contribution in [0.3, 0.4) is 0 Å². The van der Waals surface area contributed by atoms with E-state index in [1.807, 2.05) is 32.0 Å². The van der Waals surface area contributed by atoms with Gasteiger partial charge in [0, 0.05) is 26.7 Å². The first kappa shape index (κ1) is 19.9. The van der Waals surface area contributed by atoms with Gasteiger partial charge in [0.25, 0.3) is 0 Å². The fraction of sp³-hybridized carbons (Fsp3) is 0.381. The lowest BCUT2D eigenvalue weighted by atomic mass is 10.1. The van der Waals surface area contributed by atoms with Crippen molar-refractivity contribution in [2.75, 3.05) is 20.2 Å². The molecule has 2 aromatic carbocycles. The summed E-state index contributed by atoms with van der Waals surface area (Å²) in [7, 11) is 1.75. The zero-order valence-electron chi connectivity index (χ0n) is 15.8. The van der Waals surface area contributed by atoms with Crippen molar-refractivity contribution >= 4 is 5.96 Å². The van der Waals surface area contributed by atoms with E-state index in [1.54, 1.807) is 13.1 Å². The van der Waals surface area contributed by atoms with E-state index < -0.39 is 0 Å². The predicted molar refractivity (Wildman–Crippen MR) is 105 cm³/mol. The van der Waals surface area contributed by atoms with Crippen molar-refractivity contribution in [3.05, 3.63) is 70.5 Å². The van der Waals surface area contributed by atoms with Gasteiger partial charge in [-0.05, 0) is 54.7 Å². The summed E-state index contributed by atoms with van der Waals surface area (Å²) in [5.74, 6) is 0.554. The summed E-state index contributed by atoms with van der Waals surface area (Å²) in [4.78, 5) is 4.27. The second kappa shape index (κ2) is 10.6. The number of hydrogen-bond acceptors (Lipinski definition) is 2. The number of rotatable bonds is 8. The molecule has 0 fully saturated rings. The molecule has 26 heavy (non-hydrogen) atoms. The molecule has 0 aromatic heterocycles. The van der Waals surface area contributed by atoms with Gasteiger partial charge in [0.1, 0.15) is 5.82 Å². The van der Waals surface area contributed by atoms with Crippen molar-refractivity contribution < 1.29 is 9.13 Å². The van der Waals surface area contributed by atoms with E-state index in [0.717, 1.165) is 30.1 Å². The van der Waals surface area contributed by atoms with E-state index >= 15 is 0 Å². The molecule has 0 saturated heterocycles. The van der Waals surface area contributed by atoms with Crippen molar-refractivity contribution in [2.24, 2.45) is 4.99 Å². The first-order chi connectivity index (χ1) is 12.6. The van der Waals surface area contributed by atoms with Crippen LogP contribution in [0.15, 0.2) is 47.5 Å². The van der Waals surface area contributed by atoms with Crippen LogP contribution in [0.2, 0.25) is 0 Å². The summed E-state index contributed by atoms with van der Waals surface area (Å²) in [5, 5.41) is 6.64. The quantitative estimate of drug-likeness (QED) is 0.561. The third-order valence-corrected chi connectivity index (χ3v) is 4.24. The molecular formula is C21H28FN3O. The zero-order chi connectivity index (χ0) is 18.8. The predicted octanol–water partition coefficient (Wildman–Crippen LogP) is 3.58. The number of guanidine groups is 1. The third-order valence-electron chi connectivity index (χ3n) is 4.24. The monoisotopic (exact) mass is 357 g/mol. The van der Waals surface area contributed by atoms with Gasteiger partial charge in [0.05, 0.1) is 6.61 Å². The van der Waals surface area contributed by atoms with Crippen LogP contribution in [0, 0.1) is 12.7 Å². The van der Waals surface area contributed by atoms with Crippen LogP contribution in [0.4, 0.5) is 4.39 Å². The Labute approximate surface area is 155 Å². The minimum Gasteiger partial charge on any atom is -0.377 e. The number of aliphatic imine (C=N–C) groups is 1. The Morgan fingerprint density at radius 3 is 2.54 bits per heavy atom. The molecule has 5 heteroatoms. The van der Waals surface area contributed by atoms with Crippen LogP contribution in [-0.4, -0.2) is 26.2 Å². The summed E-state index contributed by atoms with van der Waals surface area (Å²) < 4.78 is 18.7. The standard InChI is InChI=1S/C21H28FN3O/c1-4-26-15-19-8-6-5-7-18(19)14-25-21(23-3)24-12-11-17-9-10-20(22)13-16(17)2/h5-10,13H,4,11-12,14-15H2,1-3H3,(H2,23,24,25). The second-order valence-corrected chi connectivity index (χ2v) is 6.08. The first-order valence-corrected chi connectivity index (χ1v) is 8.98. The maximum Gasteiger partial charge on any atom is 0.191 e. The Morgan fingerprint density at radius 1 is 1.08 bits per heavy atom. The fourth-order valence-corrected chi connectivity index (χ4v) is 2.74. The topological polar surface area (TPSA) is 45.6 Å². The molecule has 2 rings (SSSR count). The highest BCUT2D eigenvalue weighted by Gasteiger charge is 2.05. The van der Waals surface area contributed by atoms with Crippen molar-refractivity contribution in [3.63, 3.8) is 0 Å². The van der Waals surface area contributed by atoms with Crippen molar-refractivity contribution in [1.29, 1.82) is 0 Å². The molecule has 0 heterocycles. The highest BCUT2D eigenvalue weighted by atomic mass is 19.1. The maximum absolute atomic E-state index is 13.2. The highest BCUT2D eigenvalue weighted by Crippen LogP contribution is 2.11. The minimum atomic E-state index is -0.192. The summed E-state index contributed by atoms with van der Waals surface area (Å²) >= 11 is 0. The van der Waals surface area contributed by atoms with Gasteiger partial charge in [-0.25, -0.2) is 4.39 Å². The lowest BCUT2D eigenvalue weighted by molar-refractivity contribution is 0.133. The number of halogens is 1. The Balaban J connectivity index is 1.84. The second-order valence-electron chi connectivity index (χ2n) is 6.08. The average molecular weight is 357 g/mol. The zero-order valence-corrected chi connectivity index (χ0v) is 15.8. The lowest BCUT2D eigenvalue weighted by Gasteiger charge is -2.15. The van der Waals surface area contributed by atoms with Crippen LogP contribution in [0.1, 0.15) is 29.2 Å². The third kappa shape index (κ3) is 6.15. The summed E-state index contributed by atoms with van der Waals surface area (Å²) in [5.41, 5.74) is 4.48. The lowest BCUT2D eigenvalue weighted by Crippen LogP contribution is -2.38. The van der Waals surface area contributed by atoms with E-state index in [-0.39, 0.29) is 5.82 Å². The van der Waals surface area contributed by atoms with Gasteiger partial charge in [0.2, 0.25) is 0 Å². The van der Waals surface area contributed by atoms with E-state index in [4.69, 9.17) is 4.74 Å². The molecule has 0 saturated carbocycles. The van der Waals surface area contributed by atoms with Crippen LogP contribution in [0.5, 0.6) is 0 Å². The molecule has 0 bridgehead atoms. The number of nitrogens with one attached hydrogen (secondary N) is 2. The number of benzene rings is 2. The van der Waals surface area contributed by atoms with Crippen molar-refractivity contribution in [3.8, 4) is 0 Å². The Hall–Kier alpha value is -2.40. The van der Waals surface area contributed by atoms with E-state index in [9.17, 15) is 4.39 Å². The Kier molecular flexibility index (Phi) is 8.09. The highest BCUT2D eigenvalue weighted by molar-refractivity contribution is 5.79. The molecule has 0 radical (unpaired) electrons. The molecule has 2 N–H and O–H groups in total. The van der Waals surface area contributed by atoms with Crippen LogP contribution < -0.4 is 10.6 Å². The molecule has 0 aliphatic carbocycles. The molecule has 0 aliphatic rings. The molecule has 4 nitrogen and oxygen atoms in total. The van der Waals surface area contributed by atoms with Gasteiger partial charge >= 0.3 is 0 Å². The molecule has 140 valence electrons. The largest absolute Gasteiger partial charge is 0.377 e. The smallest absolute Gasteiger partial charge is 0.191 e. The Bertz CT molecular complexity index is 731. The van der Waals surface area contributed by atoms with Gasteiger partial charge in [-0.1, -0.05) is 30.3 Å². The first-order valence-electron chi connectivity index (χ1n) is 8.98. The molecule has 0 spiro atoms. The summed E-state index contributed by atoms with van der Waals surface area (Å²) in [6.07, 6.45) is 0.813. The molecule has 0 amide bonds. The van der Waals surface area contributed by atoms with Gasteiger partial charge in [0.15, 0.2) is 5.96 Å². The number of nitrogens with zero attached hydrogens (tertiary/aromatic N) is 1. The van der Waals surface area contributed by atoms with Gasteiger partial charge in [-0.15, -0.1) is 0 Å². The Morgan fingerprint density at radius 2 is 1.85 bits per heavy atom. The molecule has 0 aliphatic heterocycles. The minimum absolute atomic E-state index is 0.192. The van der Waals surface area contributed by atoms with Crippen LogP contribution >= 0.6 is 0 Å². The molecule has 0 atom stereocenters.